The first-order chi connectivity index (χ1) is 8.24. The van der Waals surface area contributed by atoms with Crippen molar-refractivity contribution in [3.63, 3.8) is 0 Å². The van der Waals surface area contributed by atoms with Crippen molar-refractivity contribution in [2.24, 2.45) is 0 Å². The number of allylic oxidation sites excluding steroid dienone is 4. The Bertz CT molecular complexity index is 447. The van der Waals surface area contributed by atoms with Crippen molar-refractivity contribution in [1.29, 1.82) is 0 Å². The van der Waals surface area contributed by atoms with Gasteiger partial charge in [0, 0.05) is 5.56 Å². The molecule has 0 saturated carbocycles. The summed E-state index contributed by atoms with van der Waals surface area (Å²) in [6.45, 7) is 2.08. The fourth-order valence-corrected chi connectivity index (χ4v) is 1.73. The number of hydrogen-bond donors (Lipinski definition) is 1. The number of thiol groups is 1. The lowest BCUT2D eigenvalue weighted by atomic mass is 10.1. The molecule has 0 aliphatic carbocycles. The number of terminal acetylenes is 1. The van der Waals surface area contributed by atoms with Gasteiger partial charge in [-0.3, -0.25) is 0 Å². The molecule has 0 unspecified atom stereocenters. The van der Waals surface area contributed by atoms with E-state index in [4.69, 9.17) is 6.42 Å². The van der Waals surface area contributed by atoms with E-state index in [0.29, 0.717) is 0 Å². The van der Waals surface area contributed by atoms with Gasteiger partial charge in [-0.2, -0.15) is 0 Å². The summed E-state index contributed by atoms with van der Waals surface area (Å²) in [5.41, 5.74) is 2.45. The van der Waals surface area contributed by atoms with Gasteiger partial charge in [0.2, 0.25) is 0 Å². The highest BCUT2D eigenvalue weighted by atomic mass is 32.1. The first-order valence-corrected chi connectivity index (χ1v) is 6.07. The maximum atomic E-state index is 5.10. The lowest BCUT2D eigenvalue weighted by molar-refractivity contribution is 0.981. The molecule has 0 fully saturated rings. The van der Waals surface area contributed by atoms with E-state index in [1.165, 1.54) is 11.1 Å². The van der Waals surface area contributed by atoms with Gasteiger partial charge in [-0.05, 0) is 43.9 Å². The second-order valence-electron chi connectivity index (χ2n) is 3.76. The minimum Gasteiger partial charge on any atom is -0.135 e. The summed E-state index contributed by atoms with van der Waals surface area (Å²) in [4.78, 5) is 0.848. The van der Waals surface area contributed by atoms with Crippen LogP contribution in [0.15, 0.2) is 35.3 Å². The molecule has 0 spiro atoms. The largest absolute Gasteiger partial charge is 0.135 e. The maximum Gasteiger partial charge on any atom is 0.0549 e. The van der Waals surface area contributed by atoms with E-state index in [1.807, 2.05) is 12.1 Å². The summed E-state index contributed by atoms with van der Waals surface area (Å²) in [5, 5.41) is 0. The quantitative estimate of drug-likeness (QED) is 0.449. The molecule has 0 aromatic heterocycles. The average molecular weight is 240 g/mol. The van der Waals surface area contributed by atoms with Crippen molar-refractivity contribution < 1.29 is 0 Å². The third-order valence-electron chi connectivity index (χ3n) is 2.38. The van der Waals surface area contributed by atoms with Crippen molar-refractivity contribution in [1.82, 2.24) is 0 Å². The standard InChI is InChI=1S/C16H16S/c1-3-4-5-6-7-8-9-10-15-11-12-16(17)13-14(15)2/h1,4-5,7-8,13,17H,6,9-10H2,2H3/b5-4-,8-7-. The molecule has 0 radical (unpaired) electrons. The van der Waals surface area contributed by atoms with Crippen LogP contribution in [0.4, 0.5) is 0 Å². The molecule has 0 saturated heterocycles. The molecule has 0 aliphatic heterocycles. The molecule has 86 valence electrons. The Morgan fingerprint density at radius 3 is 2.88 bits per heavy atom. The lowest BCUT2D eigenvalue weighted by Gasteiger charge is -1.99. The van der Waals surface area contributed by atoms with E-state index in [2.05, 4.69) is 49.8 Å². The Balaban J connectivity index is 2.36. The zero-order chi connectivity index (χ0) is 12.5. The zero-order valence-electron chi connectivity index (χ0n) is 10.0. The highest BCUT2D eigenvalue weighted by Crippen LogP contribution is 2.11. The van der Waals surface area contributed by atoms with E-state index in [0.717, 1.165) is 24.2 Å². The van der Waals surface area contributed by atoms with Crippen LogP contribution < -0.4 is 0 Å². The Hall–Kier alpha value is -1.57. The van der Waals surface area contributed by atoms with Crippen molar-refractivity contribution >= 4 is 12.6 Å². The van der Waals surface area contributed by atoms with Gasteiger partial charge in [0.25, 0.3) is 0 Å². The van der Waals surface area contributed by atoms with E-state index in [-0.39, 0.29) is 0 Å². The van der Waals surface area contributed by atoms with Gasteiger partial charge in [-0.25, -0.2) is 0 Å². The highest BCUT2D eigenvalue weighted by Gasteiger charge is 1.96. The normalized spacial score (nSPS) is 10.6. The van der Waals surface area contributed by atoms with Gasteiger partial charge >= 0.3 is 0 Å². The second-order valence-corrected chi connectivity index (χ2v) is 4.24. The van der Waals surface area contributed by atoms with Crippen LogP contribution in [0.25, 0.3) is 0 Å². The molecule has 1 heteroatoms. The molecule has 0 atom stereocenters. The molecule has 1 rings (SSSR count). The molecule has 17 heavy (non-hydrogen) atoms. The number of rotatable bonds is 5. The van der Waals surface area contributed by atoms with Crippen LogP contribution in [-0.4, -0.2) is 0 Å². The van der Waals surface area contributed by atoms with Crippen LogP contribution in [-0.2, 0) is 6.42 Å². The molecular formula is C16H16S. The number of hydrogen-bond acceptors (Lipinski definition) is 1. The van der Waals surface area contributed by atoms with Crippen LogP contribution >= 0.6 is 12.6 Å². The van der Waals surface area contributed by atoms with Crippen molar-refractivity contribution in [2.45, 2.75) is 31.1 Å². The molecule has 0 bridgehead atoms. The summed E-state index contributed by atoms with van der Waals surface area (Å²) in [5.74, 6) is 2.47. The second kappa shape index (κ2) is 7.66. The lowest BCUT2D eigenvalue weighted by Crippen LogP contribution is -1.86. The van der Waals surface area contributed by atoms with Gasteiger partial charge < -0.3 is 0 Å². The molecule has 0 nitrogen and oxygen atoms in total. The van der Waals surface area contributed by atoms with Crippen molar-refractivity contribution in [2.75, 3.05) is 0 Å². The van der Waals surface area contributed by atoms with Crippen molar-refractivity contribution in [3.05, 3.63) is 53.6 Å². The average Bonchev–Trinajstić information content (AvgIpc) is 2.30. The van der Waals surface area contributed by atoms with Crippen LogP contribution in [0.1, 0.15) is 24.0 Å². The van der Waals surface area contributed by atoms with Gasteiger partial charge in [0.15, 0.2) is 0 Å². The Kier molecular flexibility index (Phi) is 6.08. The smallest absolute Gasteiger partial charge is 0.0549 e. The Morgan fingerprint density at radius 1 is 1.35 bits per heavy atom. The first-order valence-electron chi connectivity index (χ1n) is 5.62. The molecule has 1 aromatic carbocycles. The fraction of sp³-hybridized carbons (Fsp3) is 0.250. The van der Waals surface area contributed by atoms with Gasteiger partial charge in [-0.1, -0.05) is 36.3 Å². The van der Waals surface area contributed by atoms with Crippen molar-refractivity contribution in [3.8, 4) is 12.3 Å². The minimum absolute atomic E-state index is 0.848. The SMILES string of the molecule is C#C/C=C\C/C=C\CCc1c#cc(S)cc1C. The Morgan fingerprint density at radius 2 is 2.18 bits per heavy atom. The van der Waals surface area contributed by atoms with Crippen LogP contribution in [0.5, 0.6) is 0 Å². The molecule has 0 aliphatic rings. The fourth-order valence-electron chi connectivity index (χ4n) is 1.48. The molecule has 1 aromatic rings. The monoisotopic (exact) mass is 240 g/mol. The maximum absolute atomic E-state index is 5.10. The minimum atomic E-state index is 0.848. The summed E-state index contributed by atoms with van der Waals surface area (Å²) in [6, 6.07) is 8.15. The Labute approximate surface area is 110 Å². The predicted octanol–water partition coefficient (Wildman–Crippen LogP) is 3.95. The molecule has 0 heterocycles. The van der Waals surface area contributed by atoms with Gasteiger partial charge in [-0.15, -0.1) is 19.1 Å². The van der Waals surface area contributed by atoms with Gasteiger partial charge in [0.1, 0.15) is 0 Å². The summed E-state index contributed by atoms with van der Waals surface area (Å²) >= 11 is 4.23. The zero-order valence-corrected chi connectivity index (χ0v) is 10.9. The molecule has 0 amide bonds. The van der Waals surface area contributed by atoms with E-state index >= 15 is 0 Å². The van der Waals surface area contributed by atoms with E-state index in [9.17, 15) is 0 Å². The topological polar surface area (TPSA) is 0 Å². The van der Waals surface area contributed by atoms with Crippen LogP contribution in [0.2, 0.25) is 0 Å². The summed E-state index contributed by atoms with van der Waals surface area (Å²) in [6.07, 6.45) is 16.0. The molecular weight excluding hydrogens is 224 g/mol. The third-order valence-corrected chi connectivity index (χ3v) is 2.63. The van der Waals surface area contributed by atoms with E-state index in [1.54, 1.807) is 6.08 Å². The third kappa shape index (κ3) is 5.34. The predicted molar refractivity (Wildman–Crippen MR) is 76.2 cm³/mol. The number of aryl methyl sites for hydroxylation is 1. The molecule has 0 N–H and O–H groups in total. The first kappa shape index (κ1) is 13.5. The van der Waals surface area contributed by atoms with Crippen LogP contribution in [0.3, 0.4) is 0 Å². The van der Waals surface area contributed by atoms with Gasteiger partial charge in [0.05, 0.1) is 4.90 Å². The highest BCUT2D eigenvalue weighted by molar-refractivity contribution is 7.80. The van der Waals surface area contributed by atoms with E-state index < -0.39 is 0 Å². The van der Waals surface area contributed by atoms with Crippen LogP contribution in [0, 0.1) is 31.4 Å². The summed E-state index contributed by atoms with van der Waals surface area (Å²) in [7, 11) is 0. The summed E-state index contributed by atoms with van der Waals surface area (Å²) < 4.78 is 0.